The van der Waals surface area contributed by atoms with Crippen LogP contribution < -0.4 is 5.32 Å². The molecule has 1 amide bonds. The number of halogens is 1. The van der Waals surface area contributed by atoms with Gasteiger partial charge in [-0.05, 0) is 12.1 Å². The van der Waals surface area contributed by atoms with E-state index in [1.807, 2.05) is 5.38 Å². The van der Waals surface area contributed by atoms with E-state index in [-0.39, 0.29) is 24.5 Å². The zero-order valence-corrected chi connectivity index (χ0v) is 15.9. The Kier molecular flexibility index (Phi) is 6.55. The highest BCUT2D eigenvalue weighted by Crippen LogP contribution is 2.23. The normalized spacial score (nSPS) is 15.2. The molecule has 25 heavy (non-hydrogen) atoms. The molecule has 0 unspecified atom stereocenters. The van der Waals surface area contributed by atoms with Crippen molar-refractivity contribution >= 4 is 51.1 Å². The van der Waals surface area contributed by atoms with Crippen molar-refractivity contribution in [3.05, 3.63) is 32.4 Å². The first-order valence-corrected chi connectivity index (χ1v) is 10.0. The van der Waals surface area contributed by atoms with Crippen LogP contribution in [0.15, 0.2) is 17.5 Å². The topological polar surface area (TPSA) is 71.5 Å². The number of aromatic nitrogens is 1. The molecule has 1 N–H and O–H groups in total. The lowest BCUT2D eigenvalue weighted by Crippen LogP contribution is -2.35. The summed E-state index contributed by atoms with van der Waals surface area (Å²) in [6.45, 7) is 4.05. The van der Waals surface area contributed by atoms with E-state index in [0.717, 1.165) is 38.5 Å². The Bertz CT molecular complexity index is 741. The van der Waals surface area contributed by atoms with Gasteiger partial charge in [0.25, 0.3) is 0 Å². The van der Waals surface area contributed by atoms with Crippen LogP contribution in [-0.2, 0) is 16.1 Å². The van der Waals surface area contributed by atoms with Gasteiger partial charge in [-0.1, -0.05) is 11.6 Å². The number of nitrogens with one attached hydrogen (secondary N) is 1. The molecule has 0 radical (unpaired) electrons. The first-order chi connectivity index (χ1) is 12.1. The third kappa shape index (κ3) is 5.58. The minimum Gasteiger partial charge on any atom is -0.379 e. The van der Waals surface area contributed by atoms with Gasteiger partial charge < -0.3 is 10.1 Å². The van der Waals surface area contributed by atoms with Crippen molar-refractivity contribution in [3.63, 3.8) is 0 Å². The van der Waals surface area contributed by atoms with E-state index < -0.39 is 0 Å². The Morgan fingerprint density at radius 3 is 2.80 bits per heavy atom. The van der Waals surface area contributed by atoms with Crippen LogP contribution in [0.2, 0.25) is 4.34 Å². The Morgan fingerprint density at radius 2 is 2.08 bits per heavy atom. The lowest BCUT2D eigenvalue weighted by Gasteiger charge is -2.25. The van der Waals surface area contributed by atoms with Gasteiger partial charge in [-0.3, -0.25) is 14.5 Å². The van der Waals surface area contributed by atoms with Gasteiger partial charge in [0.1, 0.15) is 0 Å². The summed E-state index contributed by atoms with van der Waals surface area (Å²) in [5.41, 5.74) is 0.937. The number of morpholine rings is 1. The summed E-state index contributed by atoms with van der Waals surface area (Å²) in [5, 5.41) is 5.28. The number of carbonyl (C=O) groups excluding carboxylic acids is 2. The molecule has 134 valence electrons. The Hall–Kier alpha value is -1.32. The number of carbonyl (C=O) groups is 2. The minimum absolute atomic E-state index is 0.0702. The molecule has 0 atom stereocenters. The minimum atomic E-state index is -0.205. The van der Waals surface area contributed by atoms with E-state index in [0.29, 0.717) is 14.3 Å². The van der Waals surface area contributed by atoms with E-state index in [1.54, 1.807) is 12.1 Å². The lowest BCUT2D eigenvalue weighted by atomic mass is 10.2. The fourth-order valence-corrected chi connectivity index (χ4v) is 4.15. The number of hydrogen-bond donors (Lipinski definition) is 1. The van der Waals surface area contributed by atoms with Crippen molar-refractivity contribution in [2.24, 2.45) is 0 Å². The molecule has 9 heteroatoms. The molecule has 3 rings (SSSR count). The van der Waals surface area contributed by atoms with E-state index in [4.69, 9.17) is 16.3 Å². The van der Waals surface area contributed by atoms with Crippen LogP contribution in [0.4, 0.5) is 5.13 Å². The molecule has 0 aliphatic carbocycles. The molecule has 1 aliphatic heterocycles. The summed E-state index contributed by atoms with van der Waals surface area (Å²) in [7, 11) is 0. The second-order valence-corrected chi connectivity index (χ2v) is 8.18. The fourth-order valence-electron chi connectivity index (χ4n) is 2.42. The predicted octanol–water partition coefficient (Wildman–Crippen LogP) is 3.29. The van der Waals surface area contributed by atoms with Crippen LogP contribution in [0.3, 0.4) is 0 Å². The van der Waals surface area contributed by atoms with Crippen molar-refractivity contribution in [3.8, 4) is 0 Å². The number of thiazole rings is 1. The first kappa shape index (κ1) is 18.5. The van der Waals surface area contributed by atoms with E-state index >= 15 is 0 Å². The average molecular weight is 400 g/mol. The molecule has 0 saturated carbocycles. The Morgan fingerprint density at radius 1 is 1.28 bits per heavy atom. The average Bonchev–Trinajstić information content (AvgIpc) is 3.23. The summed E-state index contributed by atoms with van der Waals surface area (Å²) in [6.07, 6.45) is 0.293. The summed E-state index contributed by atoms with van der Waals surface area (Å²) in [6, 6.07) is 3.37. The highest BCUT2D eigenvalue weighted by Gasteiger charge is 2.15. The lowest BCUT2D eigenvalue weighted by molar-refractivity contribution is -0.116. The van der Waals surface area contributed by atoms with Crippen LogP contribution in [-0.4, -0.2) is 47.9 Å². The maximum Gasteiger partial charge on any atom is 0.226 e. The summed E-state index contributed by atoms with van der Waals surface area (Å²) in [5.74, 6) is -0.275. The van der Waals surface area contributed by atoms with E-state index in [9.17, 15) is 9.59 Å². The molecule has 3 heterocycles. The third-order valence-corrected chi connectivity index (χ3v) is 5.79. The highest BCUT2D eigenvalue weighted by molar-refractivity contribution is 7.18. The van der Waals surface area contributed by atoms with Crippen LogP contribution >= 0.6 is 34.3 Å². The number of nitrogens with zero attached hydrogens (tertiary/aromatic N) is 2. The van der Waals surface area contributed by atoms with Crippen molar-refractivity contribution in [2.45, 2.75) is 19.4 Å². The zero-order valence-electron chi connectivity index (χ0n) is 13.5. The van der Waals surface area contributed by atoms with Gasteiger partial charge >= 0.3 is 0 Å². The van der Waals surface area contributed by atoms with Gasteiger partial charge in [-0.15, -0.1) is 22.7 Å². The number of anilines is 1. The van der Waals surface area contributed by atoms with Crippen molar-refractivity contribution < 1.29 is 14.3 Å². The summed E-state index contributed by atoms with van der Waals surface area (Å²) in [4.78, 5) is 31.3. The maximum absolute atomic E-state index is 12.0. The predicted molar refractivity (Wildman–Crippen MR) is 99.7 cm³/mol. The number of ketones is 1. The van der Waals surface area contributed by atoms with Crippen molar-refractivity contribution in [1.29, 1.82) is 0 Å². The molecule has 2 aromatic rings. The SMILES string of the molecule is O=C(CCC(=O)c1ccc(Cl)s1)Nc1nc(CN2CCOCC2)cs1. The van der Waals surface area contributed by atoms with Crippen LogP contribution in [0.1, 0.15) is 28.2 Å². The second-order valence-electron chi connectivity index (χ2n) is 5.61. The van der Waals surface area contributed by atoms with Gasteiger partial charge in [0.15, 0.2) is 10.9 Å². The Labute approximate surface area is 158 Å². The molecule has 0 bridgehead atoms. The molecule has 2 aromatic heterocycles. The Balaban J connectivity index is 1.44. The van der Waals surface area contributed by atoms with Gasteiger partial charge in [-0.25, -0.2) is 4.98 Å². The maximum atomic E-state index is 12.0. The summed E-state index contributed by atoms with van der Waals surface area (Å²) >= 11 is 8.45. The van der Waals surface area contributed by atoms with Gasteiger partial charge in [0, 0.05) is 37.9 Å². The number of amides is 1. The summed E-state index contributed by atoms with van der Waals surface area (Å²) < 4.78 is 5.90. The van der Waals surface area contributed by atoms with Gasteiger partial charge in [0.05, 0.1) is 28.1 Å². The number of rotatable bonds is 7. The van der Waals surface area contributed by atoms with E-state index in [2.05, 4.69) is 15.2 Å². The monoisotopic (exact) mass is 399 g/mol. The number of ether oxygens (including phenoxy) is 1. The molecule has 6 nitrogen and oxygen atoms in total. The molecule has 1 fully saturated rings. The quantitative estimate of drug-likeness (QED) is 0.723. The third-order valence-electron chi connectivity index (χ3n) is 3.71. The molecule has 0 aromatic carbocycles. The number of Topliss-reactive ketones (excluding diaryl/α,β-unsaturated/α-hetero) is 1. The first-order valence-electron chi connectivity index (χ1n) is 7.93. The largest absolute Gasteiger partial charge is 0.379 e. The molecular weight excluding hydrogens is 382 g/mol. The molecular formula is C16H18ClN3O3S2. The fraction of sp³-hybridized carbons (Fsp3) is 0.438. The second kappa shape index (κ2) is 8.86. The molecule has 1 saturated heterocycles. The standard InChI is InChI=1S/C16H18ClN3O3S2/c17-14-3-2-13(25-14)12(21)1-4-15(22)19-16-18-11(10-24-16)9-20-5-7-23-8-6-20/h2-3,10H,1,4-9H2,(H,18,19,22). The molecule has 1 aliphatic rings. The van der Waals surface area contributed by atoms with Crippen molar-refractivity contribution in [1.82, 2.24) is 9.88 Å². The van der Waals surface area contributed by atoms with Crippen molar-refractivity contribution in [2.75, 3.05) is 31.6 Å². The number of hydrogen-bond acceptors (Lipinski definition) is 7. The number of thiophene rings is 1. The smallest absolute Gasteiger partial charge is 0.226 e. The van der Waals surface area contributed by atoms with Crippen LogP contribution in [0, 0.1) is 0 Å². The van der Waals surface area contributed by atoms with Crippen LogP contribution in [0.25, 0.3) is 0 Å². The van der Waals surface area contributed by atoms with E-state index in [1.165, 1.54) is 22.7 Å². The highest BCUT2D eigenvalue weighted by atomic mass is 35.5. The zero-order chi connectivity index (χ0) is 17.6. The van der Waals surface area contributed by atoms with Gasteiger partial charge in [0.2, 0.25) is 5.91 Å². The molecule has 0 spiro atoms. The van der Waals surface area contributed by atoms with Crippen LogP contribution in [0.5, 0.6) is 0 Å². The van der Waals surface area contributed by atoms with Gasteiger partial charge in [-0.2, -0.15) is 0 Å².